The molecule has 0 bridgehead atoms. The van der Waals surface area contributed by atoms with Crippen LogP contribution in [0.3, 0.4) is 0 Å². The monoisotopic (exact) mass is 663 g/mol. The number of para-hydroxylation sites is 2. The van der Waals surface area contributed by atoms with Gasteiger partial charge in [0.15, 0.2) is 0 Å². The van der Waals surface area contributed by atoms with Gasteiger partial charge in [-0.3, -0.25) is 0 Å². The third-order valence-electron chi connectivity index (χ3n) is 6.01. The molecular formula is C31H36N2O2Pt. The van der Waals surface area contributed by atoms with E-state index < -0.39 is 0 Å². The number of phenolic OH excluding ortho intramolecular Hbond substituents is 2. The van der Waals surface area contributed by atoms with Crippen molar-refractivity contribution in [2.45, 2.75) is 59.8 Å². The third-order valence-corrected chi connectivity index (χ3v) is 6.01. The normalized spacial score (nSPS) is 11.4. The van der Waals surface area contributed by atoms with Crippen molar-refractivity contribution in [3.8, 4) is 45.4 Å². The van der Waals surface area contributed by atoms with Crippen LogP contribution in [0.5, 0.6) is 11.5 Å². The van der Waals surface area contributed by atoms with E-state index in [4.69, 9.17) is 9.97 Å². The molecule has 5 heteroatoms. The van der Waals surface area contributed by atoms with Crippen LogP contribution in [0.2, 0.25) is 0 Å². The Bertz CT molecular complexity index is 1250. The molecule has 0 fully saturated rings. The van der Waals surface area contributed by atoms with Gasteiger partial charge < -0.3 is 10.2 Å². The van der Waals surface area contributed by atoms with Crippen molar-refractivity contribution in [2.24, 2.45) is 0 Å². The maximum atomic E-state index is 10.5. The Morgan fingerprint density at radius 2 is 0.833 bits per heavy atom. The van der Waals surface area contributed by atoms with Crippen LogP contribution in [-0.2, 0) is 31.9 Å². The minimum absolute atomic E-state index is 0. The van der Waals surface area contributed by atoms with Gasteiger partial charge in [-0.15, -0.1) is 0 Å². The maximum Gasteiger partial charge on any atom is 0.124 e. The van der Waals surface area contributed by atoms with E-state index in [1.54, 1.807) is 24.3 Å². The molecule has 36 heavy (non-hydrogen) atoms. The molecule has 0 saturated carbocycles. The number of aromatic nitrogens is 2. The Balaban J connectivity index is 0.00000228. The average molecular weight is 664 g/mol. The first-order valence-corrected chi connectivity index (χ1v) is 11.6. The summed E-state index contributed by atoms with van der Waals surface area (Å²) in [7, 11) is 0. The fourth-order valence-corrected chi connectivity index (χ4v) is 3.85. The molecule has 2 aromatic carbocycles. The molecule has 0 aliphatic heterocycles. The summed E-state index contributed by atoms with van der Waals surface area (Å²) in [5, 5.41) is 21.0. The van der Waals surface area contributed by atoms with E-state index in [9.17, 15) is 10.2 Å². The number of hydrogen-bond acceptors (Lipinski definition) is 4. The van der Waals surface area contributed by atoms with Gasteiger partial charge in [0.1, 0.15) is 11.5 Å². The van der Waals surface area contributed by atoms with Gasteiger partial charge >= 0.3 is 0 Å². The van der Waals surface area contributed by atoms with Gasteiger partial charge in [-0.2, -0.15) is 0 Å². The molecule has 2 aromatic heterocycles. The Kier molecular flexibility index (Phi) is 8.91. The summed E-state index contributed by atoms with van der Waals surface area (Å²) in [5.74, 6) is 0.386. The van der Waals surface area contributed by atoms with Gasteiger partial charge in [-0.1, -0.05) is 73.2 Å². The van der Waals surface area contributed by atoms with Crippen molar-refractivity contribution in [2.75, 3.05) is 0 Å². The second kappa shape index (κ2) is 11.0. The smallest absolute Gasteiger partial charge is 0.124 e. The summed E-state index contributed by atoms with van der Waals surface area (Å²) >= 11 is 0. The van der Waals surface area contributed by atoms with Crippen LogP contribution in [0, 0.1) is 0 Å². The number of benzene rings is 2. The predicted molar refractivity (Wildman–Crippen MR) is 146 cm³/mol. The Hall–Kier alpha value is -2.97. The minimum atomic E-state index is -0.126. The molecule has 0 aliphatic carbocycles. The number of phenols is 2. The number of rotatable bonds is 3. The predicted octanol–water partition coefficient (Wildman–Crippen LogP) is 8.12. The first-order valence-electron chi connectivity index (χ1n) is 11.6. The number of hydrogen-bond donors (Lipinski definition) is 2. The second-order valence-corrected chi connectivity index (χ2v) is 10.8. The van der Waals surface area contributed by atoms with Crippen LogP contribution in [0.25, 0.3) is 33.9 Å². The van der Waals surface area contributed by atoms with Crippen molar-refractivity contribution < 1.29 is 31.3 Å². The summed E-state index contributed by atoms with van der Waals surface area (Å²) in [6.07, 6.45) is 0. The van der Waals surface area contributed by atoms with Gasteiger partial charge in [0.05, 0.1) is 22.8 Å². The largest absolute Gasteiger partial charge is 0.507 e. The molecule has 0 spiro atoms. The molecule has 2 heterocycles. The van der Waals surface area contributed by atoms with Gasteiger partial charge in [0.2, 0.25) is 0 Å². The summed E-state index contributed by atoms with van der Waals surface area (Å²) in [5.41, 5.74) is 6.18. The number of aromatic hydroxyl groups is 2. The summed E-state index contributed by atoms with van der Waals surface area (Å²) in [6, 6.07) is 22.7. The fraction of sp³-hybridized carbons (Fsp3) is 0.290. The van der Waals surface area contributed by atoms with Crippen molar-refractivity contribution >= 4 is 0 Å². The van der Waals surface area contributed by atoms with E-state index in [0.717, 1.165) is 22.5 Å². The van der Waals surface area contributed by atoms with E-state index >= 15 is 0 Å². The zero-order valence-electron chi connectivity index (χ0n) is 21.0. The molecular weight excluding hydrogens is 627 g/mol. The Morgan fingerprint density at radius 3 is 1.14 bits per heavy atom. The number of nitrogens with zero attached hydrogens (tertiary/aromatic N) is 2. The molecule has 0 atom stereocenters. The minimum Gasteiger partial charge on any atom is -0.507 e. The van der Waals surface area contributed by atoms with Crippen molar-refractivity contribution in [1.29, 1.82) is 0 Å². The topological polar surface area (TPSA) is 66.2 Å². The van der Waals surface area contributed by atoms with E-state index in [1.807, 2.05) is 36.4 Å². The van der Waals surface area contributed by atoms with E-state index in [1.165, 1.54) is 0 Å². The fourth-order valence-electron chi connectivity index (χ4n) is 3.85. The first-order chi connectivity index (χ1) is 15.9. The molecule has 0 amide bonds. The molecule has 0 radical (unpaired) electrons. The molecule has 0 saturated heterocycles. The maximum absolute atomic E-state index is 10.5. The molecule has 0 unspecified atom stereocenters. The van der Waals surface area contributed by atoms with Crippen molar-refractivity contribution in [1.82, 2.24) is 9.97 Å². The van der Waals surface area contributed by atoms with E-state index in [0.29, 0.717) is 22.5 Å². The zero-order chi connectivity index (χ0) is 24.7. The SMILES string of the molecule is C.CC(C)(C)c1cc(-c2cc(C(C)(C)C)cc(-c3ccccc3O)n2)nc(-c2ccccc2O)c1.[Pt]. The molecule has 2 N–H and O–H groups in total. The van der Waals surface area contributed by atoms with Crippen LogP contribution in [-0.4, -0.2) is 20.2 Å². The van der Waals surface area contributed by atoms with E-state index in [-0.39, 0.29) is 50.8 Å². The van der Waals surface area contributed by atoms with Gasteiger partial charge in [-0.05, 0) is 70.5 Å². The standard InChI is InChI=1S/C30H32N2O2.CH4.Pt/c1-29(2,3)19-15-23(21-11-7-9-13-27(21)33)31-25(17-19)26-18-20(30(4,5)6)16-24(32-26)22-12-8-10-14-28(22)34;;/h7-18,33-34H,1-6H3;1H4;. The van der Waals surface area contributed by atoms with Crippen LogP contribution in [0.15, 0.2) is 72.8 Å². The Morgan fingerprint density at radius 1 is 0.528 bits per heavy atom. The van der Waals surface area contributed by atoms with Crippen molar-refractivity contribution in [3.05, 3.63) is 83.9 Å². The van der Waals surface area contributed by atoms with Crippen LogP contribution < -0.4 is 0 Å². The van der Waals surface area contributed by atoms with Crippen LogP contribution >= 0.6 is 0 Å². The summed E-state index contributed by atoms with van der Waals surface area (Å²) < 4.78 is 0. The second-order valence-electron chi connectivity index (χ2n) is 10.8. The first kappa shape index (κ1) is 29.3. The molecule has 0 aliphatic rings. The third kappa shape index (κ3) is 6.23. The summed E-state index contributed by atoms with van der Waals surface area (Å²) in [6.45, 7) is 13.0. The van der Waals surface area contributed by atoms with E-state index in [2.05, 4.69) is 53.7 Å². The molecule has 4 aromatic rings. The molecule has 4 rings (SSSR count). The van der Waals surface area contributed by atoms with Crippen LogP contribution in [0.4, 0.5) is 0 Å². The van der Waals surface area contributed by atoms with Gasteiger partial charge in [0, 0.05) is 32.2 Å². The zero-order valence-corrected chi connectivity index (χ0v) is 23.3. The van der Waals surface area contributed by atoms with Gasteiger partial charge in [-0.25, -0.2) is 9.97 Å². The Labute approximate surface area is 229 Å². The van der Waals surface area contributed by atoms with Crippen LogP contribution in [0.1, 0.15) is 60.1 Å². The number of pyridine rings is 2. The summed E-state index contributed by atoms with van der Waals surface area (Å²) in [4.78, 5) is 9.89. The average Bonchev–Trinajstić information content (AvgIpc) is 2.78. The van der Waals surface area contributed by atoms with Crippen molar-refractivity contribution in [3.63, 3.8) is 0 Å². The quantitative estimate of drug-likeness (QED) is 0.233. The molecule has 192 valence electrons. The van der Waals surface area contributed by atoms with Gasteiger partial charge in [0.25, 0.3) is 0 Å². The molecule has 4 nitrogen and oxygen atoms in total.